The number of nitrogens with one attached hydrogen (secondary N) is 2. The van der Waals surface area contributed by atoms with Crippen molar-refractivity contribution in [2.24, 2.45) is 0 Å². The highest BCUT2D eigenvalue weighted by Crippen LogP contribution is 1.98. The van der Waals surface area contributed by atoms with Crippen LogP contribution in [0.15, 0.2) is 23.0 Å². The Hall–Kier alpha value is -2.35. The summed E-state index contributed by atoms with van der Waals surface area (Å²) in [5.74, 6) is -2.01. The van der Waals surface area contributed by atoms with Crippen LogP contribution in [0, 0.1) is 0 Å². The Balaban J connectivity index is 2.11. The molecule has 1 heterocycles. The summed E-state index contributed by atoms with van der Waals surface area (Å²) < 4.78 is 4.75. The first-order chi connectivity index (χ1) is 9.50. The summed E-state index contributed by atoms with van der Waals surface area (Å²) in [7, 11) is 0. The molecular formula is C12H16N2O6. The highest BCUT2D eigenvalue weighted by molar-refractivity contribution is 5.94. The molecule has 1 aromatic heterocycles. The Bertz CT molecular complexity index is 457. The average molecular weight is 284 g/mol. The van der Waals surface area contributed by atoms with Crippen molar-refractivity contribution in [3.8, 4) is 0 Å². The Labute approximate surface area is 114 Å². The van der Waals surface area contributed by atoms with E-state index in [1.807, 2.05) is 0 Å². The molecule has 8 nitrogen and oxygen atoms in total. The third-order valence-corrected chi connectivity index (χ3v) is 2.45. The summed E-state index contributed by atoms with van der Waals surface area (Å²) in [5, 5.41) is 22.4. The van der Waals surface area contributed by atoms with Crippen molar-refractivity contribution in [3.05, 3.63) is 24.2 Å². The van der Waals surface area contributed by atoms with Crippen molar-refractivity contribution < 1.29 is 29.0 Å². The van der Waals surface area contributed by atoms with Crippen molar-refractivity contribution in [2.45, 2.75) is 18.9 Å². The molecule has 2 amide bonds. The molecule has 0 aromatic carbocycles. The van der Waals surface area contributed by atoms with Gasteiger partial charge in [0.25, 0.3) is 5.91 Å². The second-order valence-corrected chi connectivity index (χ2v) is 4.01. The number of hydrogen-bond acceptors (Lipinski definition) is 5. The van der Waals surface area contributed by atoms with Gasteiger partial charge in [0.2, 0.25) is 5.91 Å². The van der Waals surface area contributed by atoms with Crippen LogP contribution in [0.4, 0.5) is 0 Å². The normalized spacial score (nSPS) is 11.7. The van der Waals surface area contributed by atoms with Gasteiger partial charge in [0.15, 0.2) is 6.10 Å². The molecular weight excluding hydrogens is 268 g/mol. The third-order valence-electron chi connectivity index (χ3n) is 2.45. The maximum Gasteiger partial charge on any atom is 0.332 e. The van der Waals surface area contributed by atoms with Gasteiger partial charge < -0.3 is 25.3 Å². The number of carbonyl (C=O) groups is 3. The first kappa shape index (κ1) is 15.7. The summed E-state index contributed by atoms with van der Waals surface area (Å²) in [6.45, 7) is 0.208. The minimum Gasteiger partial charge on any atom is -0.479 e. The summed E-state index contributed by atoms with van der Waals surface area (Å²) in [5.41, 5.74) is 0.370. The third kappa shape index (κ3) is 5.53. The van der Waals surface area contributed by atoms with Crippen molar-refractivity contribution in [3.63, 3.8) is 0 Å². The molecule has 20 heavy (non-hydrogen) atoms. The molecule has 8 heteroatoms. The van der Waals surface area contributed by atoms with Crippen LogP contribution in [0.25, 0.3) is 0 Å². The van der Waals surface area contributed by atoms with Crippen LogP contribution in [-0.2, 0) is 9.59 Å². The largest absolute Gasteiger partial charge is 0.479 e. The van der Waals surface area contributed by atoms with Crippen LogP contribution in [-0.4, -0.2) is 47.2 Å². The lowest BCUT2D eigenvalue weighted by molar-refractivity contribution is -0.147. The van der Waals surface area contributed by atoms with Gasteiger partial charge in [-0.3, -0.25) is 9.59 Å². The lowest BCUT2D eigenvalue weighted by atomic mass is 10.2. The molecule has 110 valence electrons. The predicted molar refractivity (Wildman–Crippen MR) is 66.9 cm³/mol. The number of furan rings is 1. The van der Waals surface area contributed by atoms with Crippen molar-refractivity contribution in [1.29, 1.82) is 0 Å². The molecule has 0 aliphatic heterocycles. The molecule has 0 saturated heterocycles. The summed E-state index contributed by atoms with van der Waals surface area (Å²) in [6, 6.07) is 1.50. The average Bonchev–Trinajstić information content (AvgIpc) is 2.92. The van der Waals surface area contributed by atoms with Gasteiger partial charge in [0.05, 0.1) is 11.8 Å². The van der Waals surface area contributed by atoms with E-state index in [4.69, 9.17) is 14.6 Å². The highest BCUT2D eigenvalue weighted by Gasteiger charge is 2.13. The van der Waals surface area contributed by atoms with Gasteiger partial charge >= 0.3 is 5.97 Å². The van der Waals surface area contributed by atoms with Gasteiger partial charge in [-0.05, 0) is 6.07 Å². The van der Waals surface area contributed by atoms with E-state index in [2.05, 4.69) is 10.6 Å². The van der Waals surface area contributed by atoms with Crippen LogP contribution in [0.2, 0.25) is 0 Å². The first-order valence-corrected chi connectivity index (χ1v) is 5.98. The number of hydrogen-bond donors (Lipinski definition) is 4. The van der Waals surface area contributed by atoms with E-state index in [0.717, 1.165) is 0 Å². The lowest BCUT2D eigenvalue weighted by Crippen LogP contribution is -2.33. The molecule has 1 aromatic rings. The van der Waals surface area contributed by atoms with E-state index in [-0.39, 0.29) is 37.7 Å². The fourth-order valence-electron chi connectivity index (χ4n) is 1.35. The Morgan fingerprint density at radius 1 is 1.25 bits per heavy atom. The Kier molecular flexibility index (Phi) is 6.24. The smallest absolute Gasteiger partial charge is 0.332 e. The molecule has 0 fully saturated rings. The van der Waals surface area contributed by atoms with E-state index in [1.54, 1.807) is 0 Å². The molecule has 4 N–H and O–H groups in total. The standard InChI is InChI=1S/C12H16N2O6/c15-9(12(18)19)1-4-13-10(16)2-5-14-11(17)8-3-6-20-7-8/h3,6-7,9,15H,1-2,4-5H2,(H,13,16)(H,14,17)(H,18,19). The quantitative estimate of drug-likeness (QED) is 0.502. The molecule has 0 aliphatic carbocycles. The fourth-order valence-corrected chi connectivity index (χ4v) is 1.35. The topological polar surface area (TPSA) is 129 Å². The second-order valence-electron chi connectivity index (χ2n) is 4.01. The van der Waals surface area contributed by atoms with Crippen molar-refractivity contribution in [1.82, 2.24) is 10.6 Å². The van der Waals surface area contributed by atoms with E-state index in [1.165, 1.54) is 18.6 Å². The number of aliphatic hydroxyl groups is 1. The highest BCUT2D eigenvalue weighted by atomic mass is 16.4. The van der Waals surface area contributed by atoms with Gasteiger partial charge in [-0.15, -0.1) is 0 Å². The molecule has 1 rings (SSSR count). The van der Waals surface area contributed by atoms with Crippen molar-refractivity contribution in [2.75, 3.05) is 13.1 Å². The molecule has 1 unspecified atom stereocenters. The van der Waals surface area contributed by atoms with Gasteiger partial charge in [0.1, 0.15) is 6.26 Å². The number of rotatable bonds is 8. The zero-order valence-electron chi connectivity index (χ0n) is 10.7. The number of carboxylic acid groups (broad SMARTS) is 1. The van der Waals surface area contributed by atoms with Crippen LogP contribution >= 0.6 is 0 Å². The molecule has 0 saturated carbocycles. The number of amides is 2. The minimum absolute atomic E-state index is 0.0575. The molecule has 0 bridgehead atoms. The first-order valence-electron chi connectivity index (χ1n) is 5.98. The summed E-state index contributed by atoms with van der Waals surface area (Å²) in [4.78, 5) is 33.1. The van der Waals surface area contributed by atoms with Gasteiger partial charge in [-0.25, -0.2) is 4.79 Å². The number of aliphatic hydroxyl groups excluding tert-OH is 1. The van der Waals surface area contributed by atoms with Gasteiger partial charge in [0, 0.05) is 25.9 Å². The SMILES string of the molecule is O=C(CCNC(=O)c1ccoc1)NCCC(O)C(=O)O. The molecule has 0 spiro atoms. The number of carboxylic acids is 1. The van der Waals surface area contributed by atoms with Crippen LogP contribution in [0.5, 0.6) is 0 Å². The van der Waals surface area contributed by atoms with E-state index in [9.17, 15) is 14.4 Å². The lowest BCUT2D eigenvalue weighted by Gasteiger charge is -2.07. The monoisotopic (exact) mass is 284 g/mol. The number of aliphatic carboxylic acids is 1. The zero-order valence-corrected chi connectivity index (χ0v) is 10.7. The van der Waals surface area contributed by atoms with Gasteiger partial charge in [-0.1, -0.05) is 0 Å². The minimum atomic E-state index is -1.49. The summed E-state index contributed by atoms with van der Waals surface area (Å²) >= 11 is 0. The molecule has 1 atom stereocenters. The Morgan fingerprint density at radius 2 is 2.00 bits per heavy atom. The Morgan fingerprint density at radius 3 is 2.60 bits per heavy atom. The maximum atomic E-state index is 11.5. The summed E-state index contributed by atoms with van der Waals surface area (Å²) in [6.07, 6.45) is 1.17. The maximum absolute atomic E-state index is 11.5. The van der Waals surface area contributed by atoms with Crippen LogP contribution in [0.3, 0.4) is 0 Å². The predicted octanol–water partition coefficient (Wildman–Crippen LogP) is -0.649. The van der Waals surface area contributed by atoms with E-state index in [0.29, 0.717) is 5.56 Å². The molecule has 0 aliphatic rings. The van der Waals surface area contributed by atoms with Crippen LogP contribution < -0.4 is 10.6 Å². The van der Waals surface area contributed by atoms with E-state index < -0.39 is 12.1 Å². The second kappa shape index (κ2) is 7.95. The van der Waals surface area contributed by atoms with Crippen LogP contribution in [0.1, 0.15) is 23.2 Å². The fraction of sp³-hybridized carbons (Fsp3) is 0.417. The number of carbonyl (C=O) groups excluding carboxylic acids is 2. The van der Waals surface area contributed by atoms with Crippen molar-refractivity contribution >= 4 is 17.8 Å². The van der Waals surface area contributed by atoms with E-state index >= 15 is 0 Å². The zero-order chi connectivity index (χ0) is 15.0. The van der Waals surface area contributed by atoms with Gasteiger partial charge in [-0.2, -0.15) is 0 Å². The molecule has 0 radical (unpaired) electrons.